The number of carbonyl (C=O) groups excluding carboxylic acids is 1. The summed E-state index contributed by atoms with van der Waals surface area (Å²) in [6.07, 6.45) is 3.87. The van der Waals surface area contributed by atoms with E-state index in [2.05, 4.69) is 5.32 Å². The van der Waals surface area contributed by atoms with Gasteiger partial charge in [-0.2, -0.15) is 11.8 Å². The van der Waals surface area contributed by atoms with Crippen LogP contribution >= 0.6 is 11.8 Å². The molecule has 0 saturated carbocycles. The third-order valence-electron chi connectivity index (χ3n) is 3.17. The van der Waals surface area contributed by atoms with E-state index in [-0.39, 0.29) is 11.8 Å². The van der Waals surface area contributed by atoms with Crippen LogP contribution in [0.2, 0.25) is 0 Å². The molecule has 0 spiro atoms. The van der Waals surface area contributed by atoms with Crippen molar-refractivity contribution in [3.63, 3.8) is 0 Å². The molecular weight excluding hydrogens is 220 g/mol. The topological polar surface area (TPSA) is 55.1 Å². The minimum absolute atomic E-state index is 0.0337. The zero-order chi connectivity index (χ0) is 12.0. The molecule has 0 radical (unpaired) electrons. The Kier molecular flexibility index (Phi) is 6.21. The van der Waals surface area contributed by atoms with Crippen molar-refractivity contribution in [1.29, 1.82) is 0 Å². The number of rotatable bonds is 5. The summed E-state index contributed by atoms with van der Waals surface area (Å²) in [6.45, 7) is 5.35. The van der Waals surface area contributed by atoms with E-state index in [0.29, 0.717) is 17.7 Å². The summed E-state index contributed by atoms with van der Waals surface area (Å²) >= 11 is 1.99. The smallest absolute Gasteiger partial charge is 0.224 e. The molecule has 1 fully saturated rings. The molecule has 0 aromatic heterocycles. The first-order valence-corrected chi connectivity index (χ1v) is 7.29. The van der Waals surface area contributed by atoms with Gasteiger partial charge in [-0.3, -0.25) is 4.79 Å². The third kappa shape index (κ3) is 4.34. The summed E-state index contributed by atoms with van der Waals surface area (Å²) in [5, 5.41) is 3.66. The number of nitrogens with two attached hydrogens (primary N) is 1. The average molecular weight is 244 g/mol. The lowest BCUT2D eigenvalue weighted by Gasteiger charge is -2.24. The highest BCUT2D eigenvalue weighted by atomic mass is 32.2. The van der Waals surface area contributed by atoms with Crippen LogP contribution in [-0.2, 0) is 4.79 Å². The van der Waals surface area contributed by atoms with Gasteiger partial charge in [0.25, 0.3) is 0 Å². The lowest BCUT2D eigenvalue weighted by atomic mass is 9.95. The molecule has 0 aliphatic carbocycles. The van der Waals surface area contributed by atoms with Gasteiger partial charge in [-0.1, -0.05) is 20.3 Å². The van der Waals surface area contributed by atoms with E-state index in [1.807, 2.05) is 25.6 Å². The second-order valence-electron chi connectivity index (χ2n) is 4.82. The van der Waals surface area contributed by atoms with Crippen molar-refractivity contribution in [3.8, 4) is 0 Å². The molecule has 3 nitrogen and oxygen atoms in total. The molecule has 1 aliphatic rings. The molecule has 0 aromatic carbocycles. The molecule has 1 aliphatic heterocycles. The monoisotopic (exact) mass is 244 g/mol. The van der Waals surface area contributed by atoms with E-state index >= 15 is 0 Å². The van der Waals surface area contributed by atoms with Crippen molar-refractivity contribution in [3.05, 3.63) is 0 Å². The van der Waals surface area contributed by atoms with Gasteiger partial charge in [-0.15, -0.1) is 0 Å². The van der Waals surface area contributed by atoms with Crippen LogP contribution in [0.3, 0.4) is 0 Å². The summed E-state index contributed by atoms with van der Waals surface area (Å²) in [7, 11) is 0. The van der Waals surface area contributed by atoms with Gasteiger partial charge in [0.2, 0.25) is 5.91 Å². The molecule has 0 aromatic rings. The zero-order valence-corrected chi connectivity index (χ0v) is 11.2. The van der Waals surface area contributed by atoms with Gasteiger partial charge < -0.3 is 11.1 Å². The predicted octanol–water partition coefficient (Wildman–Crippen LogP) is 1.62. The highest BCUT2D eigenvalue weighted by Gasteiger charge is 2.21. The van der Waals surface area contributed by atoms with E-state index in [0.717, 1.165) is 6.54 Å². The second-order valence-corrected chi connectivity index (χ2v) is 6.23. The Morgan fingerprint density at radius 2 is 2.25 bits per heavy atom. The molecule has 1 amide bonds. The van der Waals surface area contributed by atoms with E-state index in [1.165, 1.54) is 25.0 Å². The van der Waals surface area contributed by atoms with Crippen LogP contribution in [0.4, 0.5) is 0 Å². The molecule has 2 unspecified atom stereocenters. The average Bonchev–Trinajstić information content (AvgIpc) is 2.28. The van der Waals surface area contributed by atoms with Crippen LogP contribution in [0.25, 0.3) is 0 Å². The number of carbonyl (C=O) groups is 1. The van der Waals surface area contributed by atoms with E-state index in [4.69, 9.17) is 5.73 Å². The molecule has 1 saturated heterocycles. The number of hydrogen-bond donors (Lipinski definition) is 2. The Morgan fingerprint density at radius 1 is 1.50 bits per heavy atom. The summed E-state index contributed by atoms with van der Waals surface area (Å²) in [4.78, 5) is 11.9. The van der Waals surface area contributed by atoms with Crippen molar-refractivity contribution >= 4 is 17.7 Å². The fraction of sp³-hybridized carbons (Fsp3) is 0.917. The molecule has 4 heteroatoms. The molecule has 1 heterocycles. The quantitative estimate of drug-likeness (QED) is 0.772. The van der Waals surface area contributed by atoms with E-state index in [9.17, 15) is 4.79 Å². The van der Waals surface area contributed by atoms with Crippen LogP contribution < -0.4 is 11.1 Å². The number of nitrogens with one attached hydrogen (secondary N) is 1. The van der Waals surface area contributed by atoms with Gasteiger partial charge >= 0.3 is 0 Å². The maximum atomic E-state index is 11.9. The Labute approximate surface area is 103 Å². The highest BCUT2D eigenvalue weighted by Crippen LogP contribution is 2.24. The largest absolute Gasteiger partial charge is 0.355 e. The highest BCUT2D eigenvalue weighted by molar-refractivity contribution is 7.99. The van der Waals surface area contributed by atoms with Gasteiger partial charge in [-0.05, 0) is 24.5 Å². The Balaban J connectivity index is 2.27. The molecule has 1 rings (SSSR count). The van der Waals surface area contributed by atoms with Crippen LogP contribution in [-0.4, -0.2) is 30.0 Å². The predicted molar refractivity (Wildman–Crippen MR) is 70.5 cm³/mol. The molecule has 2 atom stereocenters. The van der Waals surface area contributed by atoms with Crippen LogP contribution in [0.15, 0.2) is 0 Å². The van der Waals surface area contributed by atoms with Crippen molar-refractivity contribution in [2.45, 2.75) is 38.4 Å². The second kappa shape index (κ2) is 7.17. The molecule has 0 bridgehead atoms. The van der Waals surface area contributed by atoms with Gasteiger partial charge in [-0.25, -0.2) is 0 Å². The SMILES string of the molecule is CC(C)C(CN)C(=O)NCC1CCCCS1. The standard InChI is InChI=1S/C12H24N2OS/c1-9(2)11(7-13)12(15)14-8-10-5-3-4-6-16-10/h9-11H,3-8,13H2,1-2H3,(H,14,15). The lowest BCUT2D eigenvalue weighted by molar-refractivity contribution is -0.125. The van der Waals surface area contributed by atoms with E-state index in [1.54, 1.807) is 0 Å². The van der Waals surface area contributed by atoms with Crippen LogP contribution in [0.5, 0.6) is 0 Å². The molecule has 94 valence electrons. The number of thioether (sulfide) groups is 1. The summed E-state index contributed by atoms with van der Waals surface area (Å²) < 4.78 is 0. The molecular formula is C12H24N2OS. The first-order chi connectivity index (χ1) is 7.65. The summed E-state index contributed by atoms with van der Waals surface area (Å²) in [5.41, 5.74) is 5.62. The third-order valence-corrected chi connectivity index (χ3v) is 4.57. The molecule has 16 heavy (non-hydrogen) atoms. The zero-order valence-electron chi connectivity index (χ0n) is 10.4. The first kappa shape index (κ1) is 13.8. The van der Waals surface area contributed by atoms with E-state index < -0.39 is 0 Å². The first-order valence-electron chi connectivity index (χ1n) is 6.24. The minimum atomic E-state index is -0.0337. The van der Waals surface area contributed by atoms with Crippen LogP contribution in [0, 0.1) is 11.8 Å². The summed E-state index contributed by atoms with van der Waals surface area (Å²) in [5.74, 6) is 1.66. The van der Waals surface area contributed by atoms with Gasteiger partial charge in [0, 0.05) is 18.3 Å². The fourth-order valence-electron chi connectivity index (χ4n) is 2.00. The van der Waals surface area contributed by atoms with Crippen molar-refractivity contribution < 1.29 is 4.79 Å². The Morgan fingerprint density at radius 3 is 2.75 bits per heavy atom. The number of amides is 1. The van der Waals surface area contributed by atoms with Crippen molar-refractivity contribution in [2.75, 3.05) is 18.8 Å². The maximum absolute atomic E-state index is 11.9. The normalized spacial score (nSPS) is 23.1. The number of hydrogen-bond acceptors (Lipinski definition) is 3. The minimum Gasteiger partial charge on any atom is -0.355 e. The van der Waals surface area contributed by atoms with Gasteiger partial charge in [0.05, 0.1) is 5.92 Å². The Hall–Kier alpha value is -0.220. The van der Waals surface area contributed by atoms with Crippen molar-refractivity contribution in [2.24, 2.45) is 17.6 Å². The lowest BCUT2D eigenvalue weighted by Crippen LogP contribution is -2.41. The summed E-state index contributed by atoms with van der Waals surface area (Å²) in [6, 6.07) is 0. The van der Waals surface area contributed by atoms with Crippen molar-refractivity contribution in [1.82, 2.24) is 5.32 Å². The Bertz CT molecular complexity index is 215. The molecule has 3 N–H and O–H groups in total. The maximum Gasteiger partial charge on any atom is 0.224 e. The fourth-order valence-corrected chi connectivity index (χ4v) is 3.23. The van der Waals surface area contributed by atoms with Crippen LogP contribution in [0.1, 0.15) is 33.1 Å². The van der Waals surface area contributed by atoms with Gasteiger partial charge in [0.15, 0.2) is 0 Å². The van der Waals surface area contributed by atoms with Gasteiger partial charge in [0.1, 0.15) is 0 Å².